The first kappa shape index (κ1) is 29.6. The molecule has 0 spiro atoms. The molecule has 0 atom stereocenters. The Morgan fingerprint density at radius 2 is 1.41 bits per heavy atom. The van der Waals surface area contributed by atoms with E-state index in [9.17, 15) is 0 Å². The van der Waals surface area contributed by atoms with Crippen molar-refractivity contribution in [2.75, 3.05) is 0 Å². The number of aromatic nitrogens is 4. The van der Waals surface area contributed by atoms with E-state index in [2.05, 4.69) is 113 Å². The summed E-state index contributed by atoms with van der Waals surface area (Å²) in [6, 6.07) is 12.2. The predicted octanol–water partition coefficient (Wildman–Crippen LogP) is 7.98. The fourth-order valence-electron chi connectivity index (χ4n) is 5.11. The first-order valence-electron chi connectivity index (χ1n) is 13.2. The van der Waals surface area contributed by atoms with Gasteiger partial charge >= 0.3 is 0 Å². The van der Waals surface area contributed by atoms with Crippen LogP contribution in [0.25, 0.3) is 22.6 Å². The van der Waals surface area contributed by atoms with Crippen LogP contribution in [0.3, 0.4) is 0 Å². The van der Waals surface area contributed by atoms with E-state index >= 15 is 0 Å². The summed E-state index contributed by atoms with van der Waals surface area (Å²) >= 11 is 0. The molecule has 1 aliphatic carbocycles. The molecule has 0 saturated carbocycles. The Kier molecular flexibility index (Phi) is 7.47. The Morgan fingerprint density at radius 3 is 1.95 bits per heavy atom. The molecule has 1 aromatic carbocycles. The van der Waals surface area contributed by atoms with E-state index in [1.54, 1.807) is 0 Å². The number of hydrogen-bond acceptors (Lipinski definition) is 4. The molecular weight excluding hydrogens is 633 g/mol. The van der Waals surface area contributed by atoms with Gasteiger partial charge in [0.2, 0.25) is 0 Å². The Hall–Kier alpha value is -1.97. The number of nitrogens with zero attached hydrogens (tertiary/aromatic N) is 4. The second-order valence-corrected chi connectivity index (χ2v) is 13.8. The van der Waals surface area contributed by atoms with Crippen LogP contribution >= 0.6 is 0 Å². The summed E-state index contributed by atoms with van der Waals surface area (Å²) in [5.74, 6) is 2.34. The number of rotatable bonds is 4. The van der Waals surface area contributed by atoms with Gasteiger partial charge in [-0.25, -0.2) is 15.0 Å². The van der Waals surface area contributed by atoms with E-state index in [1.807, 2.05) is 6.20 Å². The van der Waals surface area contributed by atoms with Gasteiger partial charge in [-0.2, -0.15) is 0 Å². The Morgan fingerprint density at radius 1 is 0.811 bits per heavy atom. The van der Waals surface area contributed by atoms with Crippen molar-refractivity contribution < 1.29 is 20.1 Å². The average molecular weight is 676 g/mol. The standard InChI is InChI=1S/C32H43N4.Ir/c1-13-29(5,6)27-35-25(34-26(36-27)28(2,3)4)21-15-17-24(33-19-21)20-14-16-22-23(18-20)31(9,10)32(11,12)30(22,7)8;/h15-19H,13H2,1-12H3;/q-1;. The molecule has 1 radical (unpaired) electrons. The monoisotopic (exact) mass is 676 g/mol. The van der Waals surface area contributed by atoms with Gasteiger partial charge < -0.3 is 4.98 Å². The van der Waals surface area contributed by atoms with Crippen molar-refractivity contribution in [3.8, 4) is 22.6 Å². The quantitative estimate of drug-likeness (QED) is 0.263. The summed E-state index contributed by atoms with van der Waals surface area (Å²) in [5, 5.41) is 0. The van der Waals surface area contributed by atoms with Crippen molar-refractivity contribution in [3.63, 3.8) is 0 Å². The van der Waals surface area contributed by atoms with Crippen LogP contribution in [0.4, 0.5) is 0 Å². The fourth-order valence-corrected chi connectivity index (χ4v) is 5.11. The van der Waals surface area contributed by atoms with Crippen LogP contribution in [0.1, 0.15) is 112 Å². The molecule has 0 aliphatic heterocycles. The van der Waals surface area contributed by atoms with Crippen LogP contribution in [0.2, 0.25) is 0 Å². The summed E-state index contributed by atoms with van der Waals surface area (Å²) in [7, 11) is 0. The Balaban J connectivity index is 0.00000380. The summed E-state index contributed by atoms with van der Waals surface area (Å²) in [4.78, 5) is 19.4. The van der Waals surface area contributed by atoms with Gasteiger partial charge in [-0.3, -0.25) is 0 Å². The molecule has 0 amide bonds. The van der Waals surface area contributed by atoms with Gasteiger partial charge in [0.1, 0.15) is 11.6 Å². The zero-order valence-corrected chi connectivity index (χ0v) is 27.1. The molecule has 37 heavy (non-hydrogen) atoms. The molecule has 201 valence electrons. The van der Waals surface area contributed by atoms with Crippen LogP contribution < -0.4 is 0 Å². The van der Waals surface area contributed by atoms with Gasteiger partial charge in [0.05, 0.1) is 0 Å². The first-order chi connectivity index (χ1) is 16.4. The Labute approximate surface area is 237 Å². The van der Waals surface area contributed by atoms with Crippen molar-refractivity contribution in [3.05, 3.63) is 59.3 Å². The molecule has 1 aliphatic rings. The average Bonchev–Trinajstić information content (AvgIpc) is 2.92. The molecular formula is C32H43IrN4-. The van der Waals surface area contributed by atoms with Crippen LogP contribution in [0.15, 0.2) is 30.5 Å². The molecule has 5 heteroatoms. The molecule has 0 unspecified atom stereocenters. The van der Waals surface area contributed by atoms with Crippen molar-refractivity contribution in [2.24, 2.45) is 5.41 Å². The molecule has 3 aromatic rings. The Bertz CT molecular complexity index is 1300. The second-order valence-electron chi connectivity index (χ2n) is 13.8. The molecule has 0 bridgehead atoms. The third-order valence-corrected chi connectivity index (χ3v) is 9.52. The van der Waals surface area contributed by atoms with E-state index in [4.69, 9.17) is 19.9 Å². The van der Waals surface area contributed by atoms with E-state index in [0.717, 1.165) is 34.9 Å². The maximum Gasteiger partial charge on any atom is 0.164 e. The first-order valence-corrected chi connectivity index (χ1v) is 13.2. The maximum atomic E-state index is 4.89. The smallest absolute Gasteiger partial charge is 0.164 e. The van der Waals surface area contributed by atoms with E-state index in [1.165, 1.54) is 11.1 Å². The van der Waals surface area contributed by atoms with E-state index in [-0.39, 0.29) is 47.2 Å². The minimum absolute atomic E-state index is 0. The minimum atomic E-state index is -0.169. The predicted molar refractivity (Wildman–Crippen MR) is 149 cm³/mol. The third kappa shape index (κ3) is 4.72. The molecule has 0 fully saturated rings. The van der Waals surface area contributed by atoms with E-state index < -0.39 is 0 Å². The zero-order chi connectivity index (χ0) is 26.9. The zero-order valence-electron chi connectivity index (χ0n) is 24.7. The van der Waals surface area contributed by atoms with Crippen molar-refractivity contribution in [1.29, 1.82) is 0 Å². The molecule has 0 N–H and O–H groups in total. The van der Waals surface area contributed by atoms with Crippen LogP contribution in [0, 0.1) is 11.5 Å². The van der Waals surface area contributed by atoms with Gasteiger partial charge in [-0.15, -0.1) is 34.9 Å². The van der Waals surface area contributed by atoms with Gasteiger partial charge in [0.25, 0.3) is 0 Å². The topological polar surface area (TPSA) is 51.6 Å². The molecule has 4 nitrogen and oxygen atoms in total. The van der Waals surface area contributed by atoms with Crippen LogP contribution in [0.5, 0.6) is 0 Å². The molecule has 4 rings (SSSR count). The van der Waals surface area contributed by atoms with Gasteiger partial charge in [-0.05, 0) is 28.4 Å². The summed E-state index contributed by atoms with van der Waals surface area (Å²) in [5.41, 5.74) is 5.59. The number of fused-ring (bicyclic) bond motifs is 1. The summed E-state index contributed by atoms with van der Waals surface area (Å²) < 4.78 is 0. The molecule has 0 saturated heterocycles. The van der Waals surface area contributed by atoms with Crippen LogP contribution in [-0.2, 0) is 41.8 Å². The molecule has 2 heterocycles. The summed E-state index contributed by atoms with van der Waals surface area (Å²) in [6.07, 6.45) is 2.84. The normalized spacial score (nSPS) is 17.7. The maximum absolute atomic E-state index is 4.89. The number of benzene rings is 1. The van der Waals surface area contributed by atoms with Gasteiger partial charge in [0, 0.05) is 42.7 Å². The SMILES string of the molecule is CCC(C)(C)c1nc(-c2ccc(-c3[c-]cc4c(c3)C(C)(C)C(C)(C)C4(C)C)nc2)nc(C(C)(C)C)n1.[Ir]. The fraction of sp³-hybridized carbons (Fsp3) is 0.562. The second kappa shape index (κ2) is 9.34. The summed E-state index contributed by atoms with van der Waals surface area (Å²) in [6.45, 7) is 27.2. The minimum Gasteiger partial charge on any atom is -0.304 e. The van der Waals surface area contributed by atoms with Gasteiger partial charge in [0.15, 0.2) is 5.82 Å². The number of hydrogen-bond donors (Lipinski definition) is 0. The number of pyridine rings is 1. The van der Waals surface area contributed by atoms with Crippen molar-refractivity contribution in [1.82, 2.24) is 19.9 Å². The van der Waals surface area contributed by atoms with Crippen molar-refractivity contribution >= 4 is 0 Å². The molecule has 2 aromatic heterocycles. The van der Waals surface area contributed by atoms with Crippen molar-refractivity contribution in [2.45, 2.75) is 111 Å². The third-order valence-electron chi connectivity index (χ3n) is 9.52. The largest absolute Gasteiger partial charge is 0.304 e. The van der Waals surface area contributed by atoms with Crippen LogP contribution in [-0.4, -0.2) is 19.9 Å². The van der Waals surface area contributed by atoms with E-state index in [0.29, 0.717) is 5.82 Å². The van der Waals surface area contributed by atoms with Gasteiger partial charge in [-0.1, -0.05) is 95.2 Å².